The van der Waals surface area contributed by atoms with Crippen LogP contribution in [0.3, 0.4) is 0 Å². The second kappa shape index (κ2) is 26.0. The van der Waals surface area contributed by atoms with Crippen molar-refractivity contribution in [2.24, 2.45) is 0 Å². The molecule has 0 spiro atoms. The van der Waals surface area contributed by atoms with E-state index in [-0.39, 0.29) is 6.61 Å². The fourth-order valence-corrected chi connectivity index (χ4v) is 1.92. The molecule has 3 heteroatoms. The molecule has 0 aliphatic heterocycles. The lowest BCUT2D eigenvalue weighted by Crippen LogP contribution is -1.72. The number of aliphatic hydroxyl groups excluding tert-OH is 1. The maximum atomic E-state index is 8.38. The molecule has 0 aromatic heterocycles. The minimum atomic E-state index is 0.123. The molecule has 0 amide bonds. The second-order valence-electron chi connectivity index (χ2n) is 3.43. The topological polar surface area (TPSA) is 20.2 Å². The van der Waals surface area contributed by atoms with Crippen LogP contribution in [-0.4, -0.2) is 24.2 Å². The van der Waals surface area contributed by atoms with Crippen molar-refractivity contribution in [2.45, 2.75) is 34.6 Å². The first-order valence-electron chi connectivity index (χ1n) is 8.00. The zero-order valence-corrected chi connectivity index (χ0v) is 17.4. The average molecular weight is 355 g/mol. The third kappa shape index (κ3) is 21.1. The normalized spacial score (nSPS) is 10.2. The summed E-state index contributed by atoms with van der Waals surface area (Å²) < 4.78 is 0. The summed E-state index contributed by atoms with van der Waals surface area (Å²) >= 11 is 3.39. The number of thioether (sulfide) groups is 2. The molecule has 1 N–H and O–H groups in total. The highest BCUT2D eigenvalue weighted by Gasteiger charge is 1.81. The average Bonchev–Trinajstić information content (AvgIpc) is 2.65. The third-order valence-electron chi connectivity index (χ3n) is 2.10. The lowest BCUT2D eigenvalue weighted by Gasteiger charge is -1.90. The minimum Gasteiger partial charge on any atom is -0.392 e. The molecule has 1 aromatic carbocycles. The van der Waals surface area contributed by atoms with Crippen LogP contribution in [0, 0.1) is 0 Å². The Balaban J connectivity index is -0.000000287. The molecule has 0 radical (unpaired) electrons. The highest BCUT2D eigenvalue weighted by Crippen LogP contribution is 2.11. The van der Waals surface area contributed by atoms with Crippen LogP contribution < -0.4 is 0 Å². The summed E-state index contributed by atoms with van der Waals surface area (Å²) in [6, 6.07) is 10.3. The molecule has 0 fully saturated rings. The first kappa shape index (κ1) is 27.0. The van der Waals surface area contributed by atoms with Crippen molar-refractivity contribution in [3.8, 4) is 0 Å². The van der Waals surface area contributed by atoms with Gasteiger partial charge in [0.25, 0.3) is 0 Å². The fraction of sp³-hybridized carbons (Fsp3) is 0.400. The highest BCUT2D eigenvalue weighted by molar-refractivity contribution is 8.02. The monoisotopic (exact) mass is 354 g/mol. The molecule has 0 aliphatic carbocycles. The zero-order valence-electron chi connectivity index (χ0n) is 15.7. The fourth-order valence-electron chi connectivity index (χ4n) is 1.16. The van der Waals surface area contributed by atoms with E-state index in [1.807, 2.05) is 71.2 Å². The van der Waals surface area contributed by atoms with Gasteiger partial charge in [0.15, 0.2) is 0 Å². The summed E-state index contributed by atoms with van der Waals surface area (Å²) in [7, 11) is 0. The Morgan fingerprint density at radius 1 is 1.04 bits per heavy atom. The van der Waals surface area contributed by atoms with E-state index in [0.717, 1.165) is 0 Å². The summed E-state index contributed by atoms with van der Waals surface area (Å²) in [6.07, 6.45) is 11.8. The Labute approximate surface area is 153 Å². The first-order valence-corrected chi connectivity index (χ1v) is 10.5. The van der Waals surface area contributed by atoms with Gasteiger partial charge in [0, 0.05) is 4.91 Å². The second-order valence-corrected chi connectivity index (χ2v) is 5.05. The number of hydrogen-bond acceptors (Lipinski definition) is 3. The van der Waals surface area contributed by atoms with Crippen molar-refractivity contribution >= 4 is 29.6 Å². The van der Waals surface area contributed by atoms with Gasteiger partial charge in [-0.2, -0.15) is 0 Å². The van der Waals surface area contributed by atoms with Crippen molar-refractivity contribution in [3.05, 3.63) is 64.4 Å². The maximum Gasteiger partial charge on any atom is 0.0615 e. The standard InChI is InChI=1S/C9H10S.C7H12OS.2C2H6/c1-10-8-7-9-5-3-2-4-6-9;1-3-7(9-2)5-4-6-8;2*1-2/h2-8H,1H3;3-5,8H,6H2,1-2H3;2*1-2H3/b8-7+;5-4-,7-3+;;. The quantitative estimate of drug-likeness (QED) is 0.582. The van der Waals surface area contributed by atoms with Gasteiger partial charge >= 0.3 is 0 Å². The molecular weight excluding hydrogens is 320 g/mol. The molecule has 0 saturated carbocycles. The Bertz CT molecular complexity index is 395. The number of hydrogen-bond donors (Lipinski definition) is 1. The largest absolute Gasteiger partial charge is 0.392 e. The molecular formula is C20H34OS2. The summed E-state index contributed by atoms with van der Waals surface area (Å²) in [5.41, 5.74) is 1.26. The van der Waals surface area contributed by atoms with E-state index in [1.54, 1.807) is 29.6 Å². The zero-order chi connectivity index (χ0) is 18.3. The molecule has 23 heavy (non-hydrogen) atoms. The van der Waals surface area contributed by atoms with E-state index in [4.69, 9.17) is 5.11 Å². The van der Waals surface area contributed by atoms with E-state index >= 15 is 0 Å². The number of benzene rings is 1. The van der Waals surface area contributed by atoms with E-state index in [9.17, 15) is 0 Å². The van der Waals surface area contributed by atoms with Crippen LogP contribution in [0.25, 0.3) is 6.08 Å². The van der Waals surface area contributed by atoms with Gasteiger partial charge in [-0.15, -0.1) is 23.5 Å². The Kier molecular flexibility index (Phi) is 30.5. The Morgan fingerprint density at radius 3 is 2.00 bits per heavy atom. The molecule has 0 atom stereocenters. The van der Waals surface area contributed by atoms with Crippen molar-refractivity contribution in [2.75, 3.05) is 19.1 Å². The predicted molar refractivity (Wildman–Crippen MR) is 115 cm³/mol. The number of aliphatic hydroxyl groups is 1. The molecule has 0 aliphatic rings. The predicted octanol–water partition coefficient (Wildman–Crippen LogP) is 6.87. The van der Waals surface area contributed by atoms with Crippen molar-refractivity contribution in [1.82, 2.24) is 0 Å². The van der Waals surface area contributed by atoms with Crippen LogP contribution in [0.5, 0.6) is 0 Å². The van der Waals surface area contributed by atoms with E-state index in [2.05, 4.69) is 29.9 Å². The van der Waals surface area contributed by atoms with Gasteiger partial charge in [-0.25, -0.2) is 0 Å². The van der Waals surface area contributed by atoms with Crippen LogP contribution in [0.2, 0.25) is 0 Å². The van der Waals surface area contributed by atoms with Crippen molar-refractivity contribution in [3.63, 3.8) is 0 Å². The van der Waals surface area contributed by atoms with E-state index < -0.39 is 0 Å². The molecule has 132 valence electrons. The molecule has 0 bridgehead atoms. The van der Waals surface area contributed by atoms with E-state index in [1.165, 1.54) is 10.5 Å². The van der Waals surface area contributed by atoms with Crippen LogP contribution in [0.1, 0.15) is 40.2 Å². The van der Waals surface area contributed by atoms with Crippen molar-refractivity contribution < 1.29 is 5.11 Å². The highest BCUT2D eigenvalue weighted by atomic mass is 32.2. The summed E-state index contributed by atoms with van der Waals surface area (Å²) in [6.45, 7) is 10.1. The molecule has 0 heterocycles. The van der Waals surface area contributed by atoms with Gasteiger partial charge in [0.1, 0.15) is 0 Å². The smallest absolute Gasteiger partial charge is 0.0615 e. The summed E-state index contributed by atoms with van der Waals surface area (Å²) in [5, 5.41) is 10.5. The third-order valence-corrected chi connectivity index (χ3v) is 3.36. The van der Waals surface area contributed by atoms with Gasteiger partial charge < -0.3 is 5.11 Å². The summed E-state index contributed by atoms with van der Waals surface area (Å²) in [4.78, 5) is 1.18. The van der Waals surface area contributed by atoms with Gasteiger partial charge in [0.05, 0.1) is 6.61 Å². The lowest BCUT2D eigenvalue weighted by molar-refractivity contribution is 0.342. The van der Waals surface area contributed by atoms with Crippen LogP contribution >= 0.6 is 23.5 Å². The molecule has 0 saturated heterocycles. The van der Waals surface area contributed by atoms with E-state index in [0.29, 0.717) is 0 Å². The first-order chi connectivity index (χ1) is 11.3. The lowest BCUT2D eigenvalue weighted by atomic mass is 10.2. The van der Waals surface area contributed by atoms with Crippen LogP contribution in [0.15, 0.2) is 58.9 Å². The maximum absolute atomic E-state index is 8.38. The van der Waals surface area contributed by atoms with Crippen LogP contribution in [0.4, 0.5) is 0 Å². The molecule has 1 aromatic rings. The molecule has 1 nitrogen and oxygen atoms in total. The van der Waals surface area contributed by atoms with Gasteiger partial charge in [-0.05, 0) is 36.5 Å². The number of rotatable bonds is 5. The SMILES string of the molecule is C/C=C(\C=C/CO)SC.CC.CC.CS/C=C/c1ccccc1. The Hall–Kier alpha value is -0.900. The van der Waals surface area contributed by atoms with Crippen LogP contribution in [-0.2, 0) is 0 Å². The molecule has 0 unspecified atom stereocenters. The molecule has 1 rings (SSSR count). The van der Waals surface area contributed by atoms with Gasteiger partial charge in [-0.1, -0.05) is 76.3 Å². The number of allylic oxidation sites excluding steroid dienone is 2. The summed E-state index contributed by atoms with van der Waals surface area (Å²) in [5.74, 6) is 0. The van der Waals surface area contributed by atoms with Crippen molar-refractivity contribution in [1.29, 1.82) is 0 Å². The minimum absolute atomic E-state index is 0.123. The van der Waals surface area contributed by atoms with Gasteiger partial charge in [0.2, 0.25) is 0 Å². The Morgan fingerprint density at radius 2 is 1.61 bits per heavy atom. The van der Waals surface area contributed by atoms with Gasteiger partial charge in [-0.3, -0.25) is 0 Å².